The molecular formula is C18H14ClFN2O2S. The Labute approximate surface area is 153 Å². The monoisotopic (exact) mass is 376 g/mol. The Morgan fingerprint density at radius 2 is 1.96 bits per heavy atom. The van der Waals surface area contributed by atoms with Gasteiger partial charge in [-0.25, -0.2) is 4.39 Å². The molecule has 0 saturated carbocycles. The summed E-state index contributed by atoms with van der Waals surface area (Å²) in [7, 11) is 0. The number of nitrogens with zero attached hydrogens (tertiary/aromatic N) is 1. The highest BCUT2D eigenvalue weighted by atomic mass is 35.5. The number of thioether (sulfide) groups is 1. The molecular weight excluding hydrogens is 363 g/mol. The number of carbonyl (C=O) groups excluding carboxylic acids is 1. The van der Waals surface area contributed by atoms with Gasteiger partial charge in [0.1, 0.15) is 22.8 Å². The standard InChI is InChI=1S/C18H14ClFN2O2S/c1-10-15(18(23)21-11-6-8-12(25-2)9-7-11)17(22-24-10)16-13(19)4-3-5-14(16)20/h3-9H,1-2H3,(H,21,23). The SMILES string of the molecule is CSc1ccc(NC(=O)c2c(-c3c(F)cccc3Cl)noc2C)cc1. The number of aryl methyl sites for hydroxylation is 1. The van der Waals surface area contributed by atoms with Gasteiger partial charge >= 0.3 is 0 Å². The van der Waals surface area contributed by atoms with Gasteiger partial charge in [-0.05, 0) is 49.6 Å². The molecule has 0 atom stereocenters. The van der Waals surface area contributed by atoms with Crippen LogP contribution < -0.4 is 5.32 Å². The highest BCUT2D eigenvalue weighted by Crippen LogP contribution is 2.33. The Morgan fingerprint density at radius 3 is 2.60 bits per heavy atom. The number of hydrogen-bond acceptors (Lipinski definition) is 4. The minimum absolute atomic E-state index is 0.0453. The smallest absolute Gasteiger partial charge is 0.261 e. The van der Waals surface area contributed by atoms with Crippen molar-refractivity contribution >= 4 is 35.0 Å². The van der Waals surface area contributed by atoms with Crippen molar-refractivity contribution in [2.45, 2.75) is 11.8 Å². The molecule has 0 spiro atoms. The predicted molar refractivity (Wildman–Crippen MR) is 97.8 cm³/mol. The summed E-state index contributed by atoms with van der Waals surface area (Å²) in [6, 6.07) is 11.7. The van der Waals surface area contributed by atoms with Crippen molar-refractivity contribution in [2.24, 2.45) is 0 Å². The Bertz CT molecular complexity index is 905. The quantitative estimate of drug-likeness (QED) is 0.618. The molecule has 1 N–H and O–H groups in total. The Morgan fingerprint density at radius 1 is 1.24 bits per heavy atom. The van der Waals surface area contributed by atoms with E-state index in [1.54, 1.807) is 30.8 Å². The predicted octanol–water partition coefficient (Wildman–Crippen LogP) is 5.42. The zero-order chi connectivity index (χ0) is 18.0. The lowest BCUT2D eigenvalue weighted by Gasteiger charge is -2.08. The van der Waals surface area contributed by atoms with E-state index in [0.717, 1.165) is 4.90 Å². The highest BCUT2D eigenvalue weighted by molar-refractivity contribution is 7.98. The van der Waals surface area contributed by atoms with Gasteiger partial charge in [0.15, 0.2) is 0 Å². The molecule has 1 aromatic heterocycles. The zero-order valence-electron chi connectivity index (χ0n) is 13.5. The summed E-state index contributed by atoms with van der Waals surface area (Å²) in [4.78, 5) is 13.8. The van der Waals surface area contributed by atoms with Crippen molar-refractivity contribution in [2.75, 3.05) is 11.6 Å². The second-order valence-corrected chi connectivity index (χ2v) is 6.53. The van der Waals surface area contributed by atoms with E-state index in [4.69, 9.17) is 16.1 Å². The van der Waals surface area contributed by atoms with Gasteiger partial charge < -0.3 is 9.84 Å². The fourth-order valence-electron chi connectivity index (χ4n) is 2.40. The molecule has 0 aliphatic rings. The summed E-state index contributed by atoms with van der Waals surface area (Å²) in [5.41, 5.74) is 0.901. The van der Waals surface area contributed by atoms with Crippen molar-refractivity contribution in [3.63, 3.8) is 0 Å². The first kappa shape index (κ1) is 17.5. The molecule has 25 heavy (non-hydrogen) atoms. The normalized spacial score (nSPS) is 10.7. The summed E-state index contributed by atoms with van der Waals surface area (Å²) in [6.07, 6.45) is 1.97. The van der Waals surface area contributed by atoms with Crippen LogP contribution in [-0.2, 0) is 0 Å². The molecule has 0 aliphatic heterocycles. The van der Waals surface area contributed by atoms with Gasteiger partial charge in [-0.15, -0.1) is 11.8 Å². The Balaban J connectivity index is 1.97. The fourth-order valence-corrected chi connectivity index (χ4v) is 3.06. The molecule has 4 nitrogen and oxygen atoms in total. The number of rotatable bonds is 4. The molecule has 1 amide bonds. The van der Waals surface area contributed by atoms with Crippen molar-refractivity contribution in [1.29, 1.82) is 0 Å². The van der Waals surface area contributed by atoms with Crippen molar-refractivity contribution in [1.82, 2.24) is 5.16 Å². The molecule has 0 fully saturated rings. The van der Waals surface area contributed by atoms with Crippen molar-refractivity contribution < 1.29 is 13.7 Å². The van der Waals surface area contributed by atoms with Crippen LogP contribution in [0.4, 0.5) is 10.1 Å². The van der Waals surface area contributed by atoms with Crippen LogP contribution in [0.1, 0.15) is 16.1 Å². The van der Waals surface area contributed by atoms with Gasteiger partial charge in [-0.1, -0.05) is 22.8 Å². The van der Waals surface area contributed by atoms with E-state index in [1.807, 2.05) is 18.4 Å². The first-order chi connectivity index (χ1) is 12.0. The first-order valence-electron chi connectivity index (χ1n) is 7.37. The number of halogens is 2. The molecule has 0 saturated heterocycles. The summed E-state index contributed by atoms with van der Waals surface area (Å²) in [5, 5.41) is 6.76. The summed E-state index contributed by atoms with van der Waals surface area (Å²) < 4.78 is 19.3. The van der Waals surface area contributed by atoms with Gasteiger partial charge in [0, 0.05) is 10.6 Å². The van der Waals surface area contributed by atoms with Crippen LogP contribution in [0.25, 0.3) is 11.3 Å². The van der Waals surface area contributed by atoms with Gasteiger partial charge in [0.05, 0.1) is 10.6 Å². The third-order valence-corrected chi connectivity index (χ3v) is 4.70. The number of hydrogen-bond donors (Lipinski definition) is 1. The number of carbonyl (C=O) groups is 1. The van der Waals surface area contributed by atoms with E-state index in [2.05, 4.69) is 10.5 Å². The zero-order valence-corrected chi connectivity index (χ0v) is 15.0. The minimum Gasteiger partial charge on any atom is -0.360 e. The molecule has 1 heterocycles. The average Bonchev–Trinajstić information content (AvgIpc) is 2.97. The second kappa shape index (κ2) is 7.29. The molecule has 128 valence electrons. The van der Waals surface area contributed by atoms with Crippen molar-refractivity contribution in [3.05, 3.63) is 64.6 Å². The maximum atomic E-state index is 14.2. The minimum atomic E-state index is -0.570. The van der Waals surface area contributed by atoms with Gasteiger partial charge in [-0.3, -0.25) is 4.79 Å². The van der Waals surface area contributed by atoms with Gasteiger partial charge in [0.2, 0.25) is 0 Å². The van der Waals surface area contributed by atoms with Gasteiger partial charge in [-0.2, -0.15) is 0 Å². The number of amides is 1. The van der Waals surface area contributed by atoms with E-state index >= 15 is 0 Å². The van der Waals surface area contributed by atoms with Crippen LogP contribution in [0.5, 0.6) is 0 Å². The van der Waals surface area contributed by atoms with Crippen LogP contribution in [0.15, 0.2) is 51.9 Å². The molecule has 0 unspecified atom stereocenters. The first-order valence-corrected chi connectivity index (χ1v) is 8.97. The molecule has 0 bridgehead atoms. The molecule has 0 radical (unpaired) electrons. The number of anilines is 1. The summed E-state index contributed by atoms with van der Waals surface area (Å²) in [5.74, 6) is -0.725. The van der Waals surface area contributed by atoms with E-state index < -0.39 is 11.7 Å². The highest BCUT2D eigenvalue weighted by Gasteiger charge is 2.25. The Hall–Kier alpha value is -2.31. The van der Waals surface area contributed by atoms with E-state index in [-0.39, 0.29) is 27.6 Å². The molecule has 3 aromatic rings. The lowest BCUT2D eigenvalue weighted by atomic mass is 10.0. The summed E-state index contributed by atoms with van der Waals surface area (Å²) >= 11 is 7.69. The van der Waals surface area contributed by atoms with Gasteiger partial charge in [0.25, 0.3) is 5.91 Å². The molecule has 7 heteroatoms. The van der Waals surface area contributed by atoms with Crippen molar-refractivity contribution in [3.8, 4) is 11.3 Å². The van der Waals surface area contributed by atoms with Crippen LogP contribution in [0.3, 0.4) is 0 Å². The molecule has 0 aliphatic carbocycles. The van der Waals surface area contributed by atoms with E-state index in [9.17, 15) is 9.18 Å². The molecule has 3 rings (SSSR count). The third kappa shape index (κ3) is 3.55. The average molecular weight is 377 g/mol. The summed E-state index contributed by atoms with van der Waals surface area (Å²) in [6.45, 7) is 1.59. The van der Waals surface area contributed by atoms with E-state index in [0.29, 0.717) is 5.69 Å². The lowest BCUT2D eigenvalue weighted by molar-refractivity contribution is 0.102. The van der Waals surface area contributed by atoms with Crippen LogP contribution in [0.2, 0.25) is 5.02 Å². The molecule has 2 aromatic carbocycles. The maximum Gasteiger partial charge on any atom is 0.261 e. The van der Waals surface area contributed by atoms with Crippen LogP contribution >= 0.6 is 23.4 Å². The largest absolute Gasteiger partial charge is 0.360 e. The second-order valence-electron chi connectivity index (χ2n) is 5.24. The van der Waals surface area contributed by atoms with Crippen LogP contribution in [0, 0.1) is 12.7 Å². The number of nitrogens with one attached hydrogen (secondary N) is 1. The Kier molecular flexibility index (Phi) is 5.11. The maximum absolute atomic E-state index is 14.2. The fraction of sp³-hybridized carbons (Fsp3) is 0.111. The number of aromatic nitrogens is 1. The van der Waals surface area contributed by atoms with Crippen LogP contribution in [-0.4, -0.2) is 17.3 Å². The number of benzene rings is 2. The van der Waals surface area contributed by atoms with E-state index in [1.165, 1.54) is 18.2 Å². The lowest BCUT2D eigenvalue weighted by Crippen LogP contribution is -2.13. The topological polar surface area (TPSA) is 55.1 Å². The third-order valence-electron chi connectivity index (χ3n) is 3.64.